The van der Waals surface area contributed by atoms with Gasteiger partial charge in [0, 0.05) is 31.2 Å². The molecule has 21 heavy (non-hydrogen) atoms. The van der Waals surface area contributed by atoms with Crippen LogP contribution in [0, 0.1) is 0 Å². The highest BCUT2D eigenvalue weighted by Crippen LogP contribution is 2.35. The number of aromatic amines is 1. The van der Waals surface area contributed by atoms with E-state index in [1.807, 2.05) is 18.2 Å². The lowest BCUT2D eigenvalue weighted by Crippen LogP contribution is -2.49. The van der Waals surface area contributed by atoms with Gasteiger partial charge in [0.25, 0.3) is 0 Å². The fourth-order valence-corrected chi connectivity index (χ4v) is 2.68. The van der Waals surface area contributed by atoms with Gasteiger partial charge >= 0.3 is 0 Å². The van der Waals surface area contributed by atoms with Crippen molar-refractivity contribution >= 4 is 5.95 Å². The SMILES string of the molecule is C[C@@H]1CN(c2n[nH]c(-c3ccc4c(c3)OCO4)n2)CCN1. The lowest BCUT2D eigenvalue weighted by Gasteiger charge is -2.30. The minimum Gasteiger partial charge on any atom is -0.454 e. The number of fused-ring (bicyclic) bond motifs is 1. The van der Waals surface area contributed by atoms with E-state index in [0.29, 0.717) is 6.04 Å². The lowest BCUT2D eigenvalue weighted by molar-refractivity contribution is 0.174. The van der Waals surface area contributed by atoms with Crippen molar-refractivity contribution in [3.05, 3.63) is 18.2 Å². The molecule has 0 radical (unpaired) electrons. The van der Waals surface area contributed by atoms with Gasteiger partial charge in [-0.05, 0) is 25.1 Å². The van der Waals surface area contributed by atoms with Crippen LogP contribution in [0.3, 0.4) is 0 Å². The molecular formula is C14H17N5O2. The van der Waals surface area contributed by atoms with E-state index < -0.39 is 0 Å². The third kappa shape index (κ3) is 2.29. The smallest absolute Gasteiger partial charge is 0.245 e. The normalized spacial score (nSPS) is 20.8. The summed E-state index contributed by atoms with van der Waals surface area (Å²) in [6.45, 7) is 5.23. The first kappa shape index (κ1) is 12.5. The van der Waals surface area contributed by atoms with E-state index in [4.69, 9.17) is 9.47 Å². The summed E-state index contributed by atoms with van der Waals surface area (Å²) in [5, 5.41) is 10.8. The molecule has 7 heteroatoms. The van der Waals surface area contributed by atoms with E-state index in [-0.39, 0.29) is 6.79 Å². The van der Waals surface area contributed by atoms with Gasteiger partial charge in [0.05, 0.1) is 0 Å². The second-order valence-electron chi connectivity index (χ2n) is 5.35. The number of anilines is 1. The maximum absolute atomic E-state index is 5.39. The molecule has 0 bridgehead atoms. The Labute approximate surface area is 122 Å². The zero-order valence-electron chi connectivity index (χ0n) is 11.8. The summed E-state index contributed by atoms with van der Waals surface area (Å²) in [5.41, 5.74) is 0.946. The summed E-state index contributed by atoms with van der Waals surface area (Å²) in [5.74, 6) is 3.01. The minimum absolute atomic E-state index is 0.277. The zero-order valence-corrected chi connectivity index (χ0v) is 11.8. The van der Waals surface area contributed by atoms with Crippen molar-refractivity contribution in [1.82, 2.24) is 20.5 Å². The van der Waals surface area contributed by atoms with Crippen molar-refractivity contribution in [3.8, 4) is 22.9 Å². The molecule has 0 aliphatic carbocycles. The van der Waals surface area contributed by atoms with Gasteiger partial charge in [0.1, 0.15) is 0 Å². The van der Waals surface area contributed by atoms with Crippen LogP contribution in [-0.4, -0.2) is 47.7 Å². The molecule has 1 fully saturated rings. The standard InChI is InChI=1S/C14H17N5O2/c1-9-7-19(5-4-15-9)14-16-13(17-18-14)10-2-3-11-12(6-10)21-8-20-11/h2-3,6,9,15H,4-5,7-8H2,1H3,(H,16,17,18)/t9-/m1/s1. The van der Waals surface area contributed by atoms with E-state index in [2.05, 4.69) is 32.3 Å². The summed E-state index contributed by atoms with van der Waals surface area (Å²) >= 11 is 0. The van der Waals surface area contributed by atoms with Crippen LogP contribution < -0.4 is 19.7 Å². The number of hydrogen-bond acceptors (Lipinski definition) is 6. The fourth-order valence-electron chi connectivity index (χ4n) is 2.68. The van der Waals surface area contributed by atoms with Crippen molar-refractivity contribution < 1.29 is 9.47 Å². The number of ether oxygens (including phenoxy) is 2. The third-order valence-electron chi connectivity index (χ3n) is 3.77. The van der Waals surface area contributed by atoms with Gasteiger partial charge in [-0.25, -0.2) is 0 Å². The summed E-state index contributed by atoms with van der Waals surface area (Å²) < 4.78 is 10.7. The van der Waals surface area contributed by atoms with Crippen LogP contribution in [0.4, 0.5) is 5.95 Å². The molecule has 0 spiro atoms. The first-order chi connectivity index (χ1) is 10.3. The second-order valence-corrected chi connectivity index (χ2v) is 5.35. The van der Waals surface area contributed by atoms with Crippen LogP contribution in [-0.2, 0) is 0 Å². The molecule has 0 unspecified atom stereocenters. The Morgan fingerprint density at radius 3 is 3.10 bits per heavy atom. The van der Waals surface area contributed by atoms with Gasteiger partial charge in [-0.1, -0.05) is 0 Å². The van der Waals surface area contributed by atoms with E-state index in [0.717, 1.165) is 48.5 Å². The van der Waals surface area contributed by atoms with Gasteiger partial charge in [-0.2, -0.15) is 4.98 Å². The summed E-state index contributed by atoms with van der Waals surface area (Å²) in [6, 6.07) is 6.23. The highest BCUT2D eigenvalue weighted by Gasteiger charge is 2.20. The molecule has 3 heterocycles. The first-order valence-electron chi connectivity index (χ1n) is 7.10. The predicted octanol–water partition coefficient (Wildman–Crippen LogP) is 0.998. The van der Waals surface area contributed by atoms with Crippen molar-refractivity contribution in [1.29, 1.82) is 0 Å². The summed E-state index contributed by atoms with van der Waals surface area (Å²) in [6.07, 6.45) is 0. The quantitative estimate of drug-likeness (QED) is 0.858. The van der Waals surface area contributed by atoms with Crippen molar-refractivity contribution in [2.24, 2.45) is 0 Å². The van der Waals surface area contributed by atoms with Crippen molar-refractivity contribution in [3.63, 3.8) is 0 Å². The lowest BCUT2D eigenvalue weighted by atomic mass is 10.2. The van der Waals surface area contributed by atoms with Crippen LogP contribution in [0.1, 0.15) is 6.92 Å². The Bertz CT molecular complexity index is 657. The maximum Gasteiger partial charge on any atom is 0.245 e. The molecule has 1 aromatic carbocycles. The molecule has 1 atom stereocenters. The highest BCUT2D eigenvalue weighted by atomic mass is 16.7. The molecule has 1 saturated heterocycles. The fraction of sp³-hybridized carbons (Fsp3) is 0.429. The maximum atomic E-state index is 5.39. The Morgan fingerprint density at radius 2 is 2.19 bits per heavy atom. The van der Waals surface area contributed by atoms with Gasteiger partial charge in [-0.3, -0.25) is 5.10 Å². The largest absolute Gasteiger partial charge is 0.454 e. The van der Waals surface area contributed by atoms with Gasteiger partial charge < -0.3 is 19.7 Å². The van der Waals surface area contributed by atoms with Gasteiger partial charge in [0.15, 0.2) is 17.3 Å². The summed E-state index contributed by atoms with van der Waals surface area (Å²) in [7, 11) is 0. The zero-order chi connectivity index (χ0) is 14.2. The van der Waals surface area contributed by atoms with Crippen LogP contribution in [0.15, 0.2) is 18.2 Å². The van der Waals surface area contributed by atoms with E-state index in [1.165, 1.54) is 0 Å². The Kier molecular flexibility index (Phi) is 2.92. The molecule has 4 rings (SSSR count). The molecule has 2 N–H and O–H groups in total. The van der Waals surface area contributed by atoms with Crippen LogP contribution in [0.5, 0.6) is 11.5 Å². The topological polar surface area (TPSA) is 75.3 Å². The number of aromatic nitrogens is 3. The average Bonchev–Trinajstić information content (AvgIpc) is 3.15. The molecule has 110 valence electrons. The number of nitrogens with zero attached hydrogens (tertiary/aromatic N) is 3. The van der Waals surface area contributed by atoms with Gasteiger partial charge in [-0.15, -0.1) is 5.10 Å². The Balaban J connectivity index is 1.59. The number of piperazine rings is 1. The van der Waals surface area contributed by atoms with Crippen molar-refractivity contribution in [2.45, 2.75) is 13.0 Å². The van der Waals surface area contributed by atoms with E-state index in [9.17, 15) is 0 Å². The molecule has 7 nitrogen and oxygen atoms in total. The van der Waals surface area contributed by atoms with Crippen molar-refractivity contribution in [2.75, 3.05) is 31.3 Å². The Hall–Kier alpha value is -2.28. The second kappa shape index (κ2) is 4.92. The molecule has 1 aromatic heterocycles. The molecule has 2 aromatic rings. The molecule has 0 amide bonds. The number of benzene rings is 1. The number of nitrogens with one attached hydrogen (secondary N) is 2. The van der Waals surface area contributed by atoms with Crippen LogP contribution >= 0.6 is 0 Å². The monoisotopic (exact) mass is 287 g/mol. The predicted molar refractivity (Wildman–Crippen MR) is 77.6 cm³/mol. The molecule has 2 aliphatic heterocycles. The van der Waals surface area contributed by atoms with Crippen LogP contribution in [0.25, 0.3) is 11.4 Å². The number of hydrogen-bond donors (Lipinski definition) is 2. The minimum atomic E-state index is 0.277. The van der Waals surface area contributed by atoms with E-state index in [1.54, 1.807) is 0 Å². The molecule has 0 saturated carbocycles. The highest BCUT2D eigenvalue weighted by molar-refractivity contribution is 5.62. The third-order valence-corrected chi connectivity index (χ3v) is 3.77. The molecular weight excluding hydrogens is 270 g/mol. The first-order valence-corrected chi connectivity index (χ1v) is 7.10. The Morgan fingerprint density at radius 1 is 1.29 bits per heavy atom. The van der Waals surface area contributed by atoms with E-state index >= 15 is 0 Å². The van der Waals surface area contributed by atoms with Gasteiger partial charge in [0.2, 0.25) is 12.7 Å². The molecule has 2 aliphatic rings. The summed E-state index contributed by atoms with van der Waals surface area (Å²) in [4.78, 5) is 6.79. The van der Waals surface area contributed by atoms with Crippen LogP contribution in [0.2, 0.25) is 0 Å². The number of rotatable bonds is 2. The number of H-pyrrole nitrogens is 1. The average molecular weight is 287 g/mol.